The number of amides is 1. The fourth-order valence-electron chi connectivity index (χ4n) is 5.09. The van der Waals surface area contributed by atoms with Gasteiger partial charge in [-0.2, -0.15) is 11.3 Å². The van der Waals surface area contributed by atoms with Gasteiger partial charge in [0.2, 0.25) is 0 Å². The van der Waals surface area contributed by atoms with Gasteiger partial charge < -0.3 is 20.1 Å². The third-order valence-corrected chi connectivity index (χ3v) is 7.49. The fraction of sp³-hybridized carbons (Fsp3) is 0.320. The van der Waals surface area contributed by atoms with Crippen LogP contribution >= 0.6 is 11.3 Å². The molecule has 2 aliphatic heterocycles. The van der Waals surface area contributed by atoms with Gasteiger partial charge in [-0.1, -0.05) is 12.1 Å². The second-order valence-electron chi connectivity index (χ2n) is 8.72. The molecule has 174 valence electrons. The van der Waals surface area contributed by atoms with E-state index in [9.17, 15) is 4.79 Å². The Morgan fingerprint density at radius 3 is 2.88 bits per heavy atom. The van der Waals surface area contributed by atoms with Crippen molar-refractivity contribution in [1.82, 2.24) is 19.3 Å². The number of imidazole rings is 1. The number of piperidine rings is 1. The third kappa shape index (κ3) is 3.38. The summed E-state index contributed by atoms with van der Waals surface area (Å²) in [7, 11) is 1.65. The van der Waals surface area contributed by atoms with Crippen LogP contribution in [0.5, 0.6) is 11.5 Å². The Morgan fingerprint density at radius 1 is 1.26 bits per heavy atom. The van der Waals surface area contributed by atoms with Crippen LogP contribution in [0.15, 0.2) is 47.4 Å². The van der Waals surface area contributed by atoms with Crippen molar-refractivity contribution in [1.29, 1.82) is 0 Å². The van der Waals surface area contributed by atoms with Crippen LogP contribution in [-0.2, 0) is 6.42 Å². The Bertz CT molecular complexity index is 1360. The molecule has 2 aliphatic rings. The first kappa shape index (κ1) is 21.0. The van der Waals surface area contributed by atoms with E-state index in [1.807, 2.05) is 40.1 Å². The van der Waals surface area contributed by atoms with Crippen LogP contribution in [0.3, 0.4) is 0 Å². The molecule has 0 radical (unpaired) electrons. The van der Waals surface area contributed by atoms with Crippen molar-refractivity contribution >= 4 is 28.6 Å². The van der Waals surface area contributed by atoms with E-state index in [4.69, 9.17) is 20.2 Å². The molecule has 5 heterocycles. The smallest absolute Gasteiger partial charge is 0.254 e. The van der Waals surface area contributed by atoms with Crippen LogP contribution in [0, 0.1) is 0 Å². The summed E-state index contributed by atoms with van der Waals surface area (Å²) in [5.41, 5.74) is 9.80. The van der Waals surface area contributed by atoms with Gasteiger partial charge in [0.15, 0.2) is 11.5 Å². The molecule has 0 spiro atoms. The molecule has 1 amide bonds. The average molecular weight is 476 g/mol. The van der Waals surface area contributed by atoms with Gasteiger partial charge >= 0.3 is 0 Å². The van der Waals surface area contributed by atoms with Gasteiger partial charge in [-0.05, 0) is 30.4 Å². The van der Waals surface area contributed by atoms with E-state index in [1.54, 1.807) is 24.6 Å². The number of nitrogens with zero attached hydrogens (tertiary/aromatic N) is 4. The van der Waals surface area contributed by atoms with Gasteiger partial charge in [-0.15, -0.1) is 0 Å². The molecule has 0 bridgehead atoms. The van der Waals surface area contributed by atoms with E-state index in [2.05, 4.69) is 15.5 Å². The monoisotopic (exact) mass is 475 g/mol. The Kier molecular flexibility index (Phi) is 5.13. The highest BCUT2D eigenvalue weighted by Crippen LogP contribution is 2.44. The topological polar surface area (TPSA) is 95.0 Å². The molecule has 0 aliphatic carbocycles. The number of aromatic nitrogens is 3. The SMILES string of the molecule is COc1cccc2c1OC(c1nc(C3CCN(C(=O)c4ccsc4)CC3)n3ccnc(N)c13)C2. The predicted octanol–water partition coefficient (Wildman–Crippen LogP) is 4.08. The second kappa shape index (κ2) is 8.32. The van der Waals surface area contributed by atoms with E-state index >= 15 is 0 Å². The van der Waals surface area contributed by atoms with Gasteiger partial charge in [0.25, 0.3) is 5.91 Å². The Hall–Kier alpha value is -3.59. The lowest BCUT2D eigenvalue weighted by molar-refractivity contribution is 0.0711. The first-order chi connectivity index (χ1) is 16.6. The number of anilines is 1. The van der Waals surface area contributed by atoms with Crippen LogP contribution in [-0.4, -0.2) is 45.4 Å². The van der Waals surface area contributed by atoms with Gasteiger partial charge in [0, 0.05) is 48.8 Å². The zero-order valence-corrected chi connectivity index (χ0v) is 19.6. The molecule has 1 fully saturated rings. The van der Waals surface area contributed by atoms with Gasteiger partial charge in [0.05, 0.1) is 12.7 Å². The number of para-hydroxylation sites is 1. The molecule has 6 rings (SSSR count). The van der Waals surface area contributed by atoms with Crippen LogP contribution < -0.4 is 15.2 Å². The normalized spacial score (nSPS) is 18.1. The lowest BCUT2D eigenvalue weighted by Crippen LogP contribution is -2.38. The summed E-state index contributed by atoms with van der Waals surface area (Å²) in [6.45, 7) is 1.40. The average Bonchev–Trinajstić information content (AvgIpc) is 3.62. The van der Waals surface area contributed by atoms with Crippen molar-refractivity contribution in [2.45, 2.75) is 31.3 Å². The largest absolute Gasteiger partial charge is 0.493 e. The first-order valence-corrected chi connectivity index (χ1v) is 12.3. The van der Waals surface area contributed by atoms with Crippen LogP contribution in [0.1, 0.15) is 52.3 Å². The van der Waals surface area contributed by atoms with E-state index in [-0.39, 0.29) is 17.9 Å². The van der Waals surface area contributed by atoms with Gasteiger partial charge in [-0.3, -0.25) is 9.20 Å². The summed E-state index contributed by atoms with van der Waals surface area (Å²) < 4.78 is 13.9. The summed E-state index contributed by atoms with van der Waals surface area (Å²) in [4.78, 5) is 24.1. The molecule has 34 heavy (non-hydrogen) atoms. The van der Waals surface area contributed by atoms with Crippen LogP contribution in [0.4, 0.5) is 5.82 Å². The minimum absolute atomic E-state index is 0.105. The zero-order valence-electron chi connectivity index (χ0n) is 18.8. The number of nitrogens with two attached hydrogens (primary N) is 1. The summed E-state index contributed by atoms with van der Waals surface area (Å²) in [6.07, 6.45) is 5.75. The fourth-order valence-corrected chi connectivity index (χ4v) is 5.72. The van der Waals surface area contributed by atoms with Crippen molar-refractivity contribution < 1.29 is 14.3 Å². The number of carbonyl (C=O) groups is 1. The number of likely N-dealkylation sites (tertiary alicyclic amines) is 1. The standard InChI is InChI=1S/C25H25N5O3S/c1-32-18-4-2-3-16-13-19(33-22(16)18)20-21-23(26)27-8-11-30(21)24(28-20)15-5-9-29(10-6-15)25(31)17-7-12-34-14-17/h2-4,7-8,11-12,14-15,19H,5-6,9-10,13H2,1H3,(H2,26,27). The molecule has 8 nitrogen and oxygen atoms in total. The van der Waals surface area contributed by atoms with Crippen molar-refractivity contribution in [2.75, 3.05) is 25.9 Å². The Labute approximate surface area is 201 Å². The minimum atomic E-state index is -0.262. The van der Waals surface area contributed by atoms with Gasteiger partial charge in [-0.25, -0.2) is 9.97 Å². The highest BCUT2D eigenvalue weighted by Gasteiger charge is 2.34. The lowest BCUT2D eigenvalue weighted by Gasteiger charge is -2.31. The number of benzene rings is 1. The maximum atomic E-state index is 12.8. The number of hydrogen-bond acceptors (Lipinski definition) is 7. The maximum Gasteiger partial charge on any atom is 0.254 e. The van der Waals surface area contributed by atoms with Gasteiger partial charge in [0.1, 0.15) is 29.0 Å². The number of rotatable bonds is 4. The quantitative estimate of drug-likeness (QED) is 0.478. The van der Waals surface area contributed by atoms with Crippen molar-refractivity contribution in [3.8, 4) is 11.5 Å². The first-order valence-electron chi connectivity index (χ1n) is 11.4. The number of methoxy groups -OCH3 is 1. The molecule has 4 aromatic rings. The summed E-state index contributed by atoms with van der Waals surface area (Å²) >= 11 is 1.55. The maximum absolute atomic E-state index is 12.8. The van der Waals surface area contributed by atoms with E-state index in [0.29, 0.717) is 25.3 Å². The van der Waals surface area contributed by atoms with E-state index in [0.717, 1.165) is 52.5 Å². The van der Waals surface area contributed by atoms with Crippen molar-refractivity contribution in [3.63, 3.8) is 0 Å². The molecular formula is C25H25N5O3S. The molecular weight excluding hydrogens is 450 g/mol. The molecule has 1 atom stereocenters. The predicted molar refractivity (Wildman–Crippen MR) is 130 cm³/mol. The van der Waals surface area contributed by atoms with Crippen molar-refractivity contribution in [2.24, 2.45) is 0 Å². The third-order valence-electron chi connectivity index (χ3n) is 6.80. The number of fused-ring (bicyclic) bond motifs is 2. The second-order valence-corrected chi connectivity index (χ2v) is 9.50. The molecule has 1 saturated heterocycles. The zero-order chi connectivity index (χ0) is 23.2. The van der Waals surface area contributed by atoms with Crippen LogP contribution in [0.2, 0.25) is 0 Å². The Balaban J connectivity index is 1.30. The summed E-state index contributed by atoms with van der Waals surface area (Å²) in [6, 6.07) is 7.82. The number of ether oxygens (including phenoxy) is 2. The molecule has 1 aromatic carbocycles. The number of carbonyl (C=O) groups excluding carboxylic acids is 1. The number of thiophene rings is 1. The molecule has 3 aromatic heterocycles. The van der Waals surface area contributed by atoms with Crippen LogP contribution in [0.25, 0.3) is 5.52 Å². The highest BCUT2D eigenvalue weighted by molar-refractivity contribution is 7.08. The number of hydrogen-bond donors (Lipinski definition) is 1. The lowest BCUT2D eigenvalue weighted by atomic mass is 9.95. The molecule has 1 unspecified atom stereocenters. The summed E-state index contributed by atoms with van der Waals surface area (Å²) in [5.74, 6) is 3.19. The summed E-state index contributed by atoms with van der Waals surface area (Å²) in [5, 5.41) is 3.85. The minimum Gasteiger partial charge on any atom is -0.493 e. The molecule has 9 heteroatoms. The van der Waals surface area contributed by atoms with E-state index in [1.165, 1.54) is 0 Å². The Morgan fingerprint density at radius 2 is 2.12 bits per heavy atom. The van der Waals surface area contributed by atoms with Crippen molar-refractivity contribution in [3.05, 3.63) is 70.1 Å². The number of nitrogen functional groups attached to an aromatic ring is 1. The van der Waals surface area contributed by atoms with E-state index < -0.39 is 0 Å². The molecule has 0 saturated carbocycles. The molecule has 2 N–H and O–H groups in total. The highest BCUT2D eigenvalue weighted by atomic mass is 32.1.